The van der Waals surface area contributed by atoms with E-state index in [2.05, 4.69) is 4.90 Å². The van der Waals surface area contributed by atoms with E-state index in [1.807, 2.05) is 4.90 Å². The summed E-state index contributed by atoms with van der Waals surface area (Å²) in [6, 6.07) is 4.75. The van der Waals surface area contributed by atoms with Gasteiger partial charge in [0.2, 0.25) is 0 Å². The van der Waals surface area contributed by atoms with E-state index in [9.17, 15) is 4.39 Å². The molecule has 0 aromatic heterocycles. The van der Waals surface area contributed by atoms with Gasteiger partial charge in [-0.1, -0.05) is 6.07 Å². The summed E-state index contributed by atoms with van der Waals surface area (Å²) >= 11 is 0. The van der Waals surface area contributed by atoms with Crippen molar-refractivity contribution in [2.75, 3.05) is 44.2 Å². The molecule has 1 aliphatic rings. The van der Waals surface area contributed by atoms with Gasteiger partial charge < -0.3 is 15.7 Å². The van der Waals surface area contributed by atoms with Crippen LogP contribution in [0.2, 0.25) is 0 Å². The van der Waals surface area contributed by atoms with E-state index in [4.69, 9.17) is 16.2 Å². The molecular weight excluding hydrogens is 283 g/mol. The van der Waals surface area contributed by atoms with Crippen molar-refractivity contribution in [3.8, 4) is 0 Å². The van der Waals surface area contributed by atoms with Crippen molar-refractivity contribution in [3.63, 3.8) is 0 Å². The van der Waals surface area contributed by atoms with Crippen molar-refractivity contribution >= 4 is 23.9 Å². The number of nitrogens with one attached hydrogen (secondary N) is 1. The fourth-order valence-electron chi connectivity index (χ4n) is 2.40. The SMILES string of the molecule is Cl.N=C(N)c1c(F)cccc1N1CCN(CCO)CC1. The minimum atomic E-state index is -0.456. The second-order valence-corrected chi connectivity index (χ2v) is 4.60. The molecule has 1 aromatic carbocycles. The van der Waals surface area contributed by atoms with Gasteiger partial charge in [0.25, 0.3) is 0 Å². The Hall–Kier alpha value is -1.37. The van der Waals surface area contributed by atoms with Crippen LogP contribution in [0, 0.1) is 11.2 Å². The second-order valence-electron chi connectivity index (χ2n) is 4.60. The highest BCUT2D eigenvalue weighted by Crippen LogP contribution is 2.24. The number of β-amino-alcohol motifs (C(OH)–C–C–N with tert-alkyl or cyclic N) is 1. The largest absolute Gasteiger partial charge is 0.395 e. The highest BCUT2D eigenvalue weighted by molar-refractivity contribution is 6.00. The highest BCUT2D eigenvalue weighted by Gasteiger charge is 2.21. The number of hydrogen-bond acceptors (Lipinski definition) is 4. The van der Waals surface area contributed by atoms with Crippen molar-refractivity contribution in [1.29, 1.82) is 5.41 Å². The Morgan fingerprint density at radius 3 is 2.50 bits per heavy atom. The first-order chi connectivity index (χ1) is 9.13. The lowest BCUT2D eigenvalue weighted by Gasteiger charge is -2.36. The summed E-state index contributed by atoms with van der Waals surface area (Å²) in [6.45, 7) is 3.92. The number of aliphatic hydroxyl groups excluding tert-OH is 1. The first-order valence-electron chi connectivity index (χ1n) is 6.34. The molecule has 0 atom stereocenters. The molecule has 0 bridgehead atoms. The van der Waals surface area contributed by atoms with Crippen molar-refractivity contribution in [1.82, 2.24) is 4.90 Å². The third-order valence-corrected chi connectivity index (χ3v) is 3.39. The molecule has 0 unspecified atom stereocenters. The van der Waals surface area contributed by atoms with Crippen LogP contribution in [0.15, 0.2) is 18.2 Å². The minimum absolute atomic E-state index is 0. The van der Waals surface area contributed by atoms with Crippen LogP contribution in [0.3, 0.4) is 0 Å². The normalized spacial score (nSPS) is 15.8. The van der Waals surface area contributed by atoms with Crippen LogP contribution < -0.4 is 10.6 Å². The first kappa shape index (κ1) is 16.7. The zero-order valence-corrected chi connectivity index (χ0v) is 12.0. The Balaban J connectivity index is 0.00000200. The van der Waals surface area contributed by atoms with Crippen LogP contribution in [-0.2, 0) is 0 Å². The van der Waals surface area contributed by atoms with E-state index in [1.165, 1.54) is 6.07 Å². The van der Waals surface area contributed by atoms with Gasteiger partial charge in [0.1, 0.15) is 11.7 Å². The molecule has 7 heteroatoms. The molecule has 0 spiro atoms. The van der Waals surface area contributed by atoms with Gasteiger partial charge in [-0.2, -0.15) is 0 Å². The molecule has 1 fully saturated rings. The number of nitrogen functional groups attached to an aromatic ring is 1. The lowest BCUT2D eigenvalue weighted by atomic mass is 10.1. The Bertz CT molecular complexity index is 464. The van der Waals surface area contributed by atoms with Crippen molar-refractivity contribution < 1.29 is 9.50 Å². The molecule has 0 amide bonds. The standard InChI is InChI=1S/C13H19FN4O.ClH/c14-10-2-1-3-11(12(10)13(15)16)18-6-4-17(5-7-18)8-9-19;/h1-3,19H,4-9H2,(H3,15,16);1H. The van der Waals surface area contributed by atoms with E-state index in [0.717, 1.165) is 26.2 Å². The quantitative estimate of drug-likeness (QED) is 0.564. The molecule has 0 saturated carbocycles. The number of rotatable bonds is 4. The lowest BCUT2D eigenvalue weighted by Crippen LogP contribution is -2.47. The summed E-state index contributed by atoms with van der Waals surface area (Å²) in [6.07, 6.45) is 0. The number of piperazine rings is 1. The van der Waals surface area contributed by atoms with Gasteiger partial charge in [-0.3, -0.25) is 10.3 Å². The van der Waals surface area contributed by atoms with Crippen molar-refractivity contribution in [3.05, 3.63) is 29.6 Å². The Labute approximate surface area is 124 Å². The number of benzene rings is 1. The van der Waals surface area contributed by atoms with Crippen LogP contribution in [-0.4, -0.2) is 55.2 Å². The zero-order chi connectivity index (χ0) is 13.8. The number of anilines is 1. The zero-order valence-electron chi connectivity index (χ0n) is 11.2. The first-order valence-corrected chi connectivity index (χ1v) is 6.34. The molecule has 2 rings (SSSR count). The molecule has 4 N–H and O–H groups in total. The van der Waals surface area contributed by atoms with Gasteiger partial charge in [0.05, 0.1) is 17.9 Å². The Kier molecular flexibility index (Phi) is 6.19. The van der Waals surface area contributed by atoms with E-state index >= 15 is 0 Å². The third kappa shape index (κ3) is 3.59. The maximum Gasteiger partial charge on any atom is 0.136 e. The predicted octanol–water partition coefficient (Wildman–Crippen LogP) is 0.646. The van der Waals surface area contributed by atoms with E-state index < -0.39 is 5.82 Å². The summed E-state index contributed by atoms with van der Waals surface area (Å²) < 4.78 is 13.8. The number of amidine groups is 1. The molecular formula is C13H20ClFN4O. The van der Waals surface area contributed by atoms with Crippen LogP contribution >= 0.6 is 12.4 Å². The van der Waals surface area contributed by atoms with E-state index in [-0.39, 0.29) is 30.4 Å². The Morgan fingerprint density at radius 1 is 1.30 bits per heavy atom. The average Bonchev–Trinajstić information content (AvgIpc) is 2.39. The van der Waals surface area contributed by atoms with Gasteiger partial charge in [-0.15, -0.1) is 12.4 Å². The van der Waals surface area contributed by atoms with Crippen LogP contribution in [0.4, 0.5) is 10.1 Å². The van der Waals surface area contributed by atoms with Crippen LogP contribution in [0.1, 0.15) is 5.56 Å². The molecule has 20 heavy (non-hydrogen) atoms. The fraction of sp³-hybridized carbons (Fsp3) is 0.462. The maximum atomic E-state index is 13.8. The van der Waals surface area contributed by atoms with Crippen molar-refractivity contribution in [2.24, 2.45) is 5.73 Å². The Morgan fingerprint density at radius 2 is 1.95 bits per heavy atom. The minimum Gasteiger partial charge on any atom is -0.395 e. The molecule has 5 nitrogen and oxygen atoms in total. The average molecular weight is 303 g/mol. The number of aliphatic hydroxyl groups is 1. The van der Waals surface area contributed by atoms with Gasteiger partial charge in [0.15, 0.2) is 0 Å². The molecule has 1 aliphatic heterocycles. The molecule has 1 aromatic rings. The van der Waals surface area contributed by atoms with E-state index in [0.29, 0.717) is 12.2 Å². The number of nitrogens with two attached hydrogens (primary N) is 1. The molecule has 1 saturated heterocycles. The molecule has 0 radical (unpaired) electrons. The van der Waals surface area contributed by atoms with Gasteiger partial charge in [-0.25, -0.2) is 4.39 Å². The number of hydrogen-bond donors (Lipinski definition) is 3. The summed E-state index contributed by atoms with van der Waals surface area (Å²) in [5.41, 5.74) is 6.33. The van der Waals surface area contributed by atoms with Gasteiger partial charge >= 0.3 is 0 Å². The smallest absolute Gasteiger partial charge is 0.136 e. The molecule has 112 valence electrons. The summed E-state index contributed by atoms with van der Waals surface area (Å²) in [5.74, 6) is -0.700. The van der Waals surface area contributed by atoms with Crippen LogP contribution in [0.5, 0.6) is 0 Å². The molecule has 1 heterocycles. The van der Waals surface area contributed by atoms with E-state index in [1.54, 1.807) is 12.1 Å². The topological polar surface area (TPSA) is 76.6 Å². The number of halogens is 2. The summed E-state index contributed by atoms with van der Waals surface area (Å²) in [4.78, 5) is 4.19. The second kappa shape index (κ2) is 7.42. The predicted molar refractivity (Wildman–Crippen MR) is 80.4 cm³/mol. The van der Waals surface area contributed by atoms with Crippen LogP contribution in [0.25, 0.3) is 0 Å². The van der Waals surface area contributed by atoms with Gasteiger partial charge in [-0.05, 0) is 12.1 Å². The summed E-state index contributed by atoms with van der Waals surface area (Å²) in [5, 5.41) is 16.4. The van der Waals surface area contributed by atoms with Gasteiger partial charge in [0, 0.05) is 32.7 Å². The third-order valence-electron chi connectivity index (χ3n) is 3.39. The maximum absolute atomic E-state index is 13.8. The summed E-state index contributed by atoms with van der Waals surface area (Å²) in [7, 11) is 0. The number of nitrogens with zero attached hydrogens (tertiary/aromatic N) is 2. The van der Waals surface area contributed by atoms with Crippen molar-refractivity contribution in [2.45, 2.75) is 0 Å². The highest BCUT2D eigenvalue weighted by atomic mass is 35.5. The monoisotopic (exact) mass is 302 g/mol. The fourth-order valence-corrected chi connectivity index (χ4v) is 2.40. The lowest BCUT2D eigenvalue weighted by molar-refractivity contribution is 0.189. The molecule has 0 aliphatic carbocycles.